The standard InChI is InChI=1S/C19H31N3O2.HI/c1-4-20-19(22(3)13-18-10-11-24-15-18)21-12-16-6-8-17(9-7-16)14-23-5-2;/h6-9,18H,4-5,10-15H2,1-3H3,(H,20,21);1H. The third-order valence-corrected chi connectivity index (χ3v) is 4.16. The van der Waals surface area contributed by atoms with Crippen molar-refractivity contribution in [1.82, 2.24) is 10.2 Å². The molecule has 0 spiro atoms. The van der Waals surface area contributed by atoms with Gasteiger partial charge in [-0.1, -0.05) is 24.3 Å². The number of rotatable bonds is 8. The fourth-order valence-electron chi connectivity index (χ4n) is 2.80. The van der Waals surface area contributed by atoms with Crippen molar-refractivity contribution in [2.45, 2.75) is 33.4 Å². The minimum atomic E-state index is 0. The average molecular weight is 461 g/mol. The molecule has 1 fully saturated rings. The van der Waals surface area contributed by atoms with E-state index in [0.29, 0.717) is 19.1 Å². The Morgan fingerprint density at radius 3 is 2.60 bits per heavy atom. The normalized spacial score (nSPS) is 17.2. The Morgan fingerprint density at radius 1 is 1.28 bits per heavy atom. The summed E-state index contributed by atoms with van der Waals surface area (Å²) in [6, 6.07) is 8.50. The van der Waals surface area contributed by atoms with E-state index in [1.54, 1.807) is 0 Å². The first-order chi connectivity index (χ1) is 11.7. The van der Waals surface area contributed by atoms with Gasteiger partial charge >= 0.3 is 0 Å². The predicted octanol–water partition coefficient (Wildman–Crippen LogP) is 3.27. The molecule has 1 saturated heterocycles. The number of benzene rings is 1. The minimum absolute atomic E-state index is 0. The summed E-state index contributed by atoms with van der Waals surface area (Å²) in [5, 5.41) is 3.38. The van der Waals surface area contributed by atoms with Crippen LogP contribution in [0.2, 0.25) is 0 Å². The van der Waals surface area contributed by atoms with Gasteiger partial charge < -0.3 is 19.7 Å². The van der Waals surface area contributed by atoms with E-state index >= 15 is 0 Å². The van der Waals surface area contributed by atoms with Gasteiger partial charge in [0.15, 0.2) is 5.96 Å². The predicted molar refractivity (Wildman–Crippen MR) is 114 cm³/mol. The third-order valence-electron chi connectivity index (χ3n) is 4.16. The van der Waals surface area contributed by atoms with E-state index in [2.05, 4.69) is 48.5 Å². The molecule has 1 N–H and O–H groups in total. The summed E-state index contributed by atoms with van der Waals surface area (Å²) in [6.45, 7) is 9.83. The lowest BCUT2D eigenvalue weighted by Gasteiger charge is -2.24. The summed E-state index contributed by atoms with van der Waals surface area (Å²) in [5.41, 5.74) is 2.41. The second kappa shape index (κ2) is 12.5. The molecule has 1 aliphatic heterocycles. The number of nitrogens with one attached hydrogen (secondary N) is 1. The van der Waals surface area contributed by atoms with E-state index < -0.39 is 0 Å². The van der Waals surface area contributed by atoms with Crippen LogP contribution in [0, 0.1) is 5.92 Å². The van der Waals surface area contributed by atoms with E-state index in [4.69, 9.17) is 14.5 Å². The van der Waals surface area contributed by atoms with Gasteiger partial charge in [-0.15, -0.1) is 24.0 Å². The van der Waals surface area contributed by atoms with Crippen molar-refractivity contribution in [2.24, 2.45) is 10.9 Å². The Labute approximate surface area is 169 Å². The van der Waals surface area contributed by atoms with Gasteiger partial charge in [0.05, 0.1) is 19.8 Å². The van der Waals surface area contributed by atoms with E-state index in [1.807, 2.05) is 6.92 Å². The average Bonchev–Trinajstić information content (AvgIpc) is 3.10. The van der Waals surface area contributed by atoms with Crippen molar-refractivity contribution in [3.63, 3.8) is 0 Å². The number of hydrogen-bond donors (Lipinski definition) is 1. The van der Waals surface area contributed by atoms with Crippen LogP contribution in [0.3, 0.4) is 0 Å². The lowest BCUT2D eigenvalue weighted by atomic mass is 10.1. The zero-order valence-corrected chi connectivity index (χ0v) is 18.0. The van der Waals surface area contributed by atoms with Crippen LogP contribution in [0.15, 0.2) is 29.3 Å². The molecule has 0 amide bonds. The molecule has 0 saturated carbocycles. The first kappa shape index (κ1) is 22.2. The molecule has 1 aromatic carbocycles. The highest BCUT2D eigenvalue weighted by Gasteiger charge is 2.18. The van der Waals surface area contributed by atoms with Gasteiger partial charge in [0.2, 0.25) is 0 Å². The van der Waals surface area contributed by atoms with Crippen LogP contribution in [0.5, 0.6) is 0 Å². The monoisotopic (exact) mass is 461 g/mol. The van der Waals surface area contributed by atoms with Crippen molar-refractivity contribution < 1.29 is 9.47 Å². The molecular formula is C19H32IN3O2. The van der Waals surface area contributed by atoms with Gasteiger partial charge in [-0.2, -0.15) is 0 Å². The van der Waals surface area contributed by atoms with Crippen LogP contribution in [-0.4, -0.2) is 50.8 Å². The smallest absolute Gasteiger partial charge is 0.193 e. The molecular weight excluding hydrogens is 429 g/mol. The fourth-order valence-corrected chi connectivity index (χ4v) is 2.80. The van der Waals surface area contributed by atoms with Gasteiger partial charge in [-0.05, 0) is 31.4 Å². The Bertz CT molecular complexity index is 502. The van der Waals surface area contributed by atoms with Crippen LogP contribution in [0.1, 0.15) is 31.4 Å². The number of hydrogen-bond acceptors (Lipinski definition) is 3. The molecule has 142 valence electrons. The lowest BCUT2D eigenvalue weighted by molar-refractivity contribution is 0.134. The number of halogens is 1. The van der Waals surface area contributed by atoms with E-state index in [1.165, 1.54) is 11.1 Å². The zero-order valence-electron chi connectivity index (χ0n) is 15.7. The third kappa shape index (κ3) is 7.92. The fraction of sp³-hybridized carbons (Fsp3) is 0.632. The Kier molecular flexibility index (Phi) is 11.1. The van der Waals surface area contributed by atoms with Gasteiger partial charge in [-0.3, -0.25) is 0 Å². The van der Waals surface area contributed by atoms with Crippen molar-refractivity contribution in [2.75, 3.05) is 40.0 Å². The Balaban J connectivity index is 0.00000312. The summed E-state index contributed by atoms with van der Waals surface area (Å²) in [6.07, 6.45) is 1.14. The minimum Gasteiger partial charge on any atom is -0.381 e. The van der Waals surface area contributed by atoms with Crippen LogP contribution >= 0.6 is 24.0 Å². The summed E-state index contributed by atoms with van der Waals surface area (Å²) in [5.74, 6) is 1.57. The second-order valence-corrected chi connectivity index (χ2v) is 6.23. The van der Waals surface area contributed by atoms with Crippen LogP contribution in [0.4, 0.5) is 0 Å². The van der Waals surface area contributed by atoms with E-state index in [0.717, 1.165) is 45.3 Å². The van der Waals surface area contributed by atoms with Gasteiger partial charge in [0.1, 0.15) is 0 Å². The molecule has 5 nitrogen and oxygen atoms in total. The molecule has 0 aromatic heterocycles. The van der Waals surface area contributed by atoms with Crippen molar-refractivity contribution >= 4 is 29.9 Å². The maximum Gasteiger partial charge on any atom is 0.193 e. The largest absolute Gasteiger partial charge is 0.381 e. The van der Waals surface area contributed by atoms with E-state index in [9.17, 15) is 0 Å². The Morgan fingerprint density at radius 2 is 2.00 bits per heavy atom. The summed E-state index contributed by atoms with van der Waals surface area (Å²) in [7, 11) is 2.10. The van der Waals surface area contributed by atoms with Crippen LogP contribution < -0.4 is 5.32 Å². The van der Waals surface area contributed by atoms with E-state index in [-0.39, 0.29) is 24.0 Å². The van der Waals surface area contributed by atoms with Gasteiger partial charge in [0.25, 0.3) is 0 Å². The molecule has 0 bridgehead atoms. The molecule has 1 aliphatic rings. The second-order valence-electron chi connectivity index (χ2n) is 6.23. The first-order valence-corrected chi connectivity index (χ1v) is 8.95. The summed E-state index contributed by atoms with van der Waals surface area (Å²) >= 11 is 0. The molecule has 25 heavy (non-hydrogen) atoms. The van der Waals surface area contributed by atoms with Crippen molar-refractivity contribution in [1.29, 1.82) is 0 Å². The highest BCUT2D eigenvalue weighted by Crippen LogP contribution is 2.13. The number of guanidine groups is 1. The van der Waals surface area contributed by atoms with Gasteiger partial charge in [-0.25, -0.2) is 4.99 Å². The zero-order chi connectivity index (χ0) is 17.2. The van der Waals surface area contributed by atoms with Crippen molar-refractivity contribution in [3.8, 4) is 0 Å². The molecule has 0 radical (unpaired) electrons. The van der Waals surface area contributed by atoms with Gasteiger partial charge in [0, 0.05) is 39.3 Å². The molecule has 1 aromatic rings. The molecule has 0 aliphatic carbocycles. The highest BCUT2D eigenvalue weighted by atomic mass is 127. The summed E-state index contributed by atoms with van der Waals surface area (Å²) < 4.78 is 10.9. The molecule has 1 heterocycles. The quantitative estimate of drug-likeness (QED) is 0.367. The molecule has 6 heteroatoms. The Hall–Kier alpha value is -0.860. The van der Waals surface area contributed by atoms with Crippen molar-refractivity contribution in [3.05, 3.63) is 35.4 Å². The maximum atomic E-state index is 5.47. The topological polar surface area (TPSA) is 46.1 Å². The summed E-state index contributed by atoms with van der Waals surface area (Å²) in [4.78, 5) is 6.99. The highest BCUT2D eigenvalue weighted by molar-refractivity contribution is 14.0. The number of ether oxygens (including phenoxy) is 2. The molecule has 2 rings (SSSR count). The maximum absolute atomic E-state index is 5.47. The first-order valence-electron chi connectivity index (χ1n) is 8.95. The number of nitrogens with zero attached hydrogens (tertiary/aromatic N) is 2. The number of aliphatic imine (C=N–C) groups is 1. The van der Waals surface area contributed by atoms with Crippen LogP contribution in [0.25, 0.3) is 0 Å². The van der Waals surface area contributed by atoms with Crippen LogP contribution in [-0.2, 0) is 22.6 Å². The molecule has 1 atom stereocenters. The lowest BCUT2D eigenvalue weighted by Crippen LogP contribution is -2.41. The SMILES string of the molecule is CCNC(=NCc1ccc(COCC)cc1)N(C)CC1CCOC1.I. The molecule has 1 unspecified atom stereocenters.